The Kier molecular flexibility index (Phi) is 6.53. The second-order valence-electron chi connectivity index (χ2n) is 7.60. The molecule has 2 aliphatic heterocycles. The maximum absolute atomic E-state index is 12.9. The molecule has 1 aromatic carbocycles. The molecule has 0 radical (unpaired) electrons. The van der Waals surface area contributed by atoms with Gasteiger partial charge >= 0.3 is 0 Å². The van der Waals surface area contributed by atoms with E-state index in [4.69, 9.17) is 0 Å². The zero-order chi connectivity index (χ0) is 17.7. The summed E-state index contributed by atoms with van der Waals surface area (Å²) in [5.41, 5.74) is 1.21. The monoisotopic (exact) mass is 364 g/mol. The summed E-state index contributed by atoms with van der Waals surface area (Å²) in [7, 11) is -3.33. The third-order valence-corrected chi connectivity index (χ3v) is 7.55. The van der Waals surface area contributed by atoms with Crippen molar-refractivity contribution < 1.29 is 8.42 Å². The third-order valence-electron chi connectivity index (χ3n) is 5.64. The minimum Gasteiger partial charge on any atom is -0.303 e. The van der Waals surface area contributed by atoms with Crippen LogP contribution in [0, 0.1) is 5.92 Å². The van der Waals surface area contributed by atoms with Gasteiger partial charge in [-0.3, -0.25) is 0 Å². The van der Waals surface area contributed by atoms with Crippen LogP contribution in [0.1, 0.15) is 51.0 Å². The molecule has 2 saturated heterocycles. The summed E-state index contributed by atoms with van der Waals surface area (Å²) >= 11 is 0. The van der Waals surface area contributed by atoms with Crippen LogP contribution in [0.15, 0.2) is 29.2 Å². The lowest BCUT2D eigenvalue weighted by molar-refractivity contribution is 0.161. The average Bonchev–Trinajstić information content (AvgIpc) is 2.64. The number of nitrogens with zero attached hydrogens (tertiary/aromatic N) is 2. The van der Waals surface area contributed by atoms with E-state index in [-0.39, 0.29) is 0 Å². The molecule has 1 aromatic rings. The molecule has 2 aliphatic rings. The van der Waals surface area contributed by atoms with Crippen molar-refractivity contribution in [3.05, 3.63) is 29.8 Å². The number of hydrogen-bond acceptors (Lipinski definition) is 3. The fourth-order valence-electron chi connectivity index (χ4n) is 4.11. The number of benzene rings is 1. The normalized spacial score (nSPS) is 21.5. The SMILES string of the molecule is CCCc1ccc(S(=O)(=O)N2CCC(CN3CCCCC3)CC2)cc1. The van der Waals surface area contributed by atoms with Gasteiger partial charge in [0, 0.05) is 19.6 Å². The second kappa shape index (κ2) is 8.65. The molecule has 0 amide bonds. The van der Waals surface area contributed by atoms with Gasteiger partial charge in [-0.1, -0.05) is 31.9 Å². The van der Waals surface area contributed by atoms with Crippen molar-refractivity contribution in [2.75, 3.05) is 32.7 Å². The van der Waals surface area contributed by atoms with Crippen LogP contribution in [-0.2, 0) is 16.4 Å². The maximum Gasteiger partial charge on any atom is 0.243 e. The Hall–Kier alpha value is -0.910. The zero-order valence-corrected chi connectivity index (χ0v) is 16.3. The van der Waals surface area contributed by atoms with E-state index in [9.17, 15) is 8.42 Å². The highest BCUT2D eigenvalue weighted by molar-refractivity contribution is 7.89. The van der Waals surface area contributed by atoms with Crippen LogP contribution in [0.5, 0.6) is 0 Å². The van der Waals surface area contributed by atoms with Crippen molar-refractivity contribution >= 4 is 10.0 Å². The van der Waals surface area contributed by atoms with Crippen LogP contribution in [0.2, 0.25) is 0 Å². The summed E-state index contributed by atoms with van der Waals surface area (Å²) in [4.78, 5) is 3.02. The predicted molar refractivity (Wildman–Crippen MR) is 102 cm³/mol. The summed E-state index contributed by atoms with van der Waals surface area (Å²) in [5.74, 6) is 0.650. The third kappa shape index (κ3) is 4.83. The van der Waals surface area contributed by atoms with Gasteiger partial charge in [-0.05, 0) is 68.8 Å². The van der Waals surface area contributed by atoms with Crippen LogP contribution in [-0.4, -0.2) is 50.3 Å². The number of rotatable bonds is 6. The Morgan fingerprint density at radius 3 is 2.20 bits per heavy atom. The van der Waals surface area contributed by atoms with E-state index in [0.29, 0.717) is 23.9 Å². The Morgan fingerprint density at radius 2 is 1.60 bits per heavy atom. The van der Waals surface area contributed by atoms with Crippen molar-refractivity contribution in [1.29, 1.82) is 0 Å². The molecule has 0 aromatic heterocycles. The van der Waals surface area contributed by atoms with Gasteiger partial charge in [0.05, 0.1) is 4.90 Å². The zero-order valence-electron chi connectivity index (χ0n) is 15.5. The Morgan fingerprint density at radius 1 is 0.960 bits per heavy atom. The van der Waals surface area contributed by atoms with Gasteiger partial charge in [-0.15, -0.1) is 0 Å². The molecule has 25 heavy (non-hydrogen) atoms. The van der Waals surface area contributed by atoms with Crippen LogP contribution in [0.4, 0.5) is 0 Å². The lowest BCUT2D eigenvalue weighted by atomic mass is 9.96. The quantitative estimate of drug-likeness (QED) is 0.775. The fourth-order valence-corrected chi connectivity index (χ4v) is 5.57. The van der Waals surface area contributed by atoms with E-state index in [1.54, 1.807) is 16.4 Å². The predicted octanol–water partition coefficient (Wildman–Crippen LogP) is 3.53. The van der Waals surface area contributed by atoms with Crippen molar-refractivity contribution in [3.63, 3.8) is 0 Å². The van der Waals surface area contributed by atoms with Crippen LogP contribution in [0.3, 0.4) is 0 Å². The molecule has 0 aliphatic carbocycles. The van der Waals surface area contributed by atoms with E-state index in [0.717, 1.165) is 32.2 Å². The highest BCUT2D eigenvalue weighted by Gasteiger charge is 2.30. The minimum atomic E-state index is -3.33. The summed E-state index contributed by atoms with van der Waals surface area (Å²) in [6, 6.07) is 7.47. The van der Waals surface area contributed by atoms with Crippen LogP contribution >= 0.6 is 0 Å². The highest BCUT2D eigenvalue weighted by Crippen LogP contribution is 2.25. The number of piperidine rings is 2. The second-order valence-corrected chi connectivity index (χ2v) is 9.54. The molecular formula is C20H32N2O2S. The number of hydrogen-bond donors (Lipinski definition) is 0. The molecule has 140 valence electrons. The summed E-state index contributed by atoms with van der Waals surface area (Å²) < 4.78 is 27.4. The minimum absolute atomic E-state index is 0.446. The molecule has 0 N–H and O–H groups in total. The summed E-state index contributed by atoms with van der Waals surface area (Å²) in [6.07, 6.45) is 8.07. The van der Waals surface area contributed by atoms with Gasteiger partial charge in [0.25, 0.3) is 0 Å². The first kappa shape index (κ1) is 18.9. The van der Waals surface area contributed by atoms with E-state index in [1.165, 1.54) is 37.9 Å². The summed E-state index contributed by atoms with van der Waals surface area (Å²) in [6.45, 7) is 7.07. The highest BCUT2D eigenvalue weighted by atomic mass is 32.2. The van der Waals surface area contributed by atoms with E-state index in [1.807, 2.05) is 12.1 Å². The molecule has 2 heterocycles. The molecule has 0 bridgehead atoms. The first-order valence-corrected chi connectivity index (χ1v) is 11.3. The van der Waals surface area contributed by atoms with Gasteiger partial charge in [0.15, 0.2) is 0 Å². The Bertz CT molecular complexity index is 628. The van der Waals surface area contributed by atoms with Gasteiger partial charge in [-0.25, -0.2) is 8.42 Å². The lowest BCUT2D eigenvalue weighted by Crippen LogP contribution is -2.42. The maximum atomic E-state index is 12.9. The van der Waals surface area contributed by atoms with Gasteiger partial charge in [-0.2, -0.15) is 4.31 Å². The van der Waals surface area contributed by atoms with Crippen LogP contribution < -0.4 is 0 Å². The topological polar surface area (TPSA) is 40.6 Å². The molecule has 0 saturated carbocycles. The lowest BCUT2D eigenvalue weighted by Gasteiger charge is -2.35. The van der Waals surface area contributed by atoms with E-state index >= 15 is 0 Å². The molecule has 5 heteroatoms. The van der Waals surface area contributed by atoms with Gasteiger partial charge in [0.1, 0.15) is 0 Å². The molecular weight excluding hydrogens is 332 g/mol. The standard InChI is InChI=1S/C20H32N2O2S/c1-2-6-18-7-9-20(10-8-18)25(23,24)22-15-11-19(12-16-22)17-21-13-4-3-5-14-21/h7-10,19H,2-6,11-17H2,1H3. The van der Waals surface area contributed by atoms with Crippen molar-refractivity contribution in [1.82, 2.24) is 9.21 Å². The average molecular weight is 365 g/mol. The van der Waals surface area contributed by atoms with Gasteiger partial charge < -0.3 is 4.90 Å². The molecule has 0 unspecified atom stereocenters. The van der Waals surface area contributed by atoms with Gasteiger partial charge in [0.2, 0.25) is 10.0 Å². The van der Waals surface area contributed by atoms with Crippen molar-refractivity contribution in [3.8, 4) is 0 Å². The van der Waals surface area contributed by atoms with Crippen LogP contribution in [0.25, 0.3) is 0 Å². The largest absolute Gasteiger partial charge is 0.303 e. The number of sulfonamides is 1. The Labute approximate surface area is 153 Å². The fraction of sp³-hybridized carbons (Fsp3) is 0.700. The molecule has 0 spiro atoms. The van der Waals surface area contributed by atoms with Crippen molar-refractivity contribution in [2.24, 2.45) is 5.92 Å². The Balaban J connectivity index is 1.55. The smallest absolute Gasteiger partial charge is 0.243 e. The molecule has 3 rings (SSSR count). The molecule has 4 nitrogen and oxygen atoms in total. The van der Waals surface area contributed by atoms with Crippen molar-refractivity contribution in [2.45, 2.75) is 56.8 Å². The molecule has 0 atom stereocenters. The van der Waals surface area contributed by atoms with E-state index in [2.05, 4.69) is 11.8 Å². The molecule has 2 fully saturated rings. The first-order chi connectivity index (χ1) is 12.1. The number of aryl methyl sites for hydroxylation is 1. The van der Waals surface area contributed by atoms with E-state index < -0.39 is 10.0 Å². The summed E-state index contributed by atoms with van der Waals surface area (Å²) in [5, 5.41) is 0. The first-order valence-electron chi connectivity index (χ1n) is 9.91. The number of likely N-dealkylation sites (tertiary alicyclic amines) is 1.